The van der Waals surface area contributed by atoms with Crippen molar-refractivity contribution < 1.29 is 5.11 Å². The average Bonchev–Trinajstić information content (AvgIpc) is 2.89. The summed E-state index contributed by atoms with van der Waals surface area (Å²) in [6.45, 7) is 5.32. The molecule has 0 saturated heterocycles. The summed E-state index contributed by atoms with van der Waals surface area (Å²) in [5.41, 5.74) is 5.18. The van der Waals surface area contributed by atoms with Gasteiger partial charge in [0, 0.05) is 18.1 Å². The van der Waals surface area contributed by atoms with E-state index in [0.29, 0.717) is 23.7 Å². The van der Waals surface area contributed by atoms with Gasteiger partial charge in [-0.15, -0.1) is 0 Å². The lowest BCUT2D eigenvalue weighted by Gasteiger charge is -2.17. The molecule has 0 amide bonds. The lowest BCUT2D eigenvalue weighted by Crippen LogP contribution is -2.27. The number of rotatable bonds is 2. The highest BCUT2D eigenvalue weighted by molar-refractivity contribution is 6.30. The Bertz CT molecular complexity index is 1050. The average molecular weight is 369 g/mol. The van der Waals surface area contributed by atoms with E-state index in [0.717, 1.165) is 40.7 Å². The molecule has 1 N–H and O–H groups in total. The number of fused-ring (bicyclic) bond motifs is 1. The fourth-order valence-electron chi connectivity index (χ4n) is 3.94. The zero-order valence-corrected chi connectivity index (χ0v) is 15.7. The number of halogens is 1. The quantitative estimate of drug-likeness (QED) is 0.709. The van der Waals surface area contributed by atoms with Crippen LogP contribution in [0.1, 0.15) is 24.0 Å². The normalized spacial score (nSPS) is 13.7. The van der Waals surface area contributed by atoms with Gasteiger partial charge in [-0.25, -0.2) is 4.68 Å². The van der Waals surface area contributed by atoms with Crippen molar-refractivity contribution in [2.75, 3.05) is 0 Å². The molecule has 134 valence electrons. The summed E-state index contributed by atoms with van der Waals surface area (Å²) in [6, 6.07) is 11.7. The summed E-state index contributed by atoms with van der Waals surface area (Å²) in [5, 5.41) is 11.5. The van der Waals surface area contributed by atoms with Gasteiger partial charge < -0.3 is 5.11 Å². The van der Waals surface area contributed by atoms with E-state index in [4.69, 9.17) is 11.6 Å². The van der Waals surface area contributed by atoms with Crippen LogP contribution in [-0.2, 0) is 13.1 Å². The van der Waals surface area contributed by atoms with Crippen molar-refractivity contribution in [2.45, 2.75) is 39.8 Å². The summed E-state index contributed by atoms with van der Waals surface area (Å²) in [5.74, 6) is 0.0779. The fraction of sp³-hybridized carbons (Fsp3) is 0.286. The first-order valence-electron chi connectivity index (χ1n) is 8.88. The smallest absolute Gasteiger partial charge is 0.278 e. The van der Waals surface area contributed by atoms with E-state index >= 15 is 0 Å². The van der Waals surface area contributed by atoms with Crippen LogP contribution in [0.3, 0.4) is 0 Å². The van der Waals surface area contributed by atoms with E-state index in [9.17, 15) is 9.90 Å². The van der Waals surface area contributed by atoms with Gasteiger partial charge >= 0.3 is 0 Å². The van der Waals surface area contributed by atoms with Crippen LogP contribution in [0.15, 0.2) is 41.2 Å². The van der Waals surface area contributed by atoms with Gasteiger partial charge in [-0.3, -0.25) is 9.48 Å². The van der Waals surface area contributed by atoms with Crippen LogP contribution < -0.4 is 5.56 Å². The molecule has 0 bridgehead atoms. The second-order valence-electron chi connectivity index (χ2n) is 6.89. The lowest BCUT2D eigenvalue weighted by molar-refractivity contribution is 0.305. The highest BCUT2D eigenvalue weighted by Crippen LogP contribution is 2.37. The molecular weight excluding hydrogens is 348 g/mol. The van der Waals surface area contributed by atoms with E-state index in [1.54, 1.807) is 9.36 Å². The molecule has 1 aromatic heterocycles. The van der Waals surface area contributed by atoms with Crippen molar-refractivity contribution in [1.82, 2.24) is 9.36 Å². The Labute approximate surface area is 157 Å². The molecule has 5 heteroatoms. The third-order valence-electron chi connectivity index (χ3n) is 5.28. The molecule has 1 aliphatic heterocycles. The maximum Gasteiger partial charge on any atom is 0.278 e. The van der Waals surface area contributed by atoms with Gasteiger partial charge in [0.25, 0.3) is 5.56 Å². The van der Waals surface area contributed by atoms with E-state index in [1.807, 2.05) is 44.2 Å². The number of benzene rings is 2. The fourth-order valence-corrected chi connectivity index (χ4v) is 4.07. The molecule has 2 aromatic carbocycles. The van der Waals surface area contributed by atoms with Crippen molar-refractivity contribution in [1.29, 1.82) is 0 Å². The first-order chi connectivity index (χ1) is 12.5. The Morgan fingerprint density at radius 2 is 1.58 bits per heavy atom. The van der Waals surface area contributed by atoms with Crippen LogP contribution in [0.2, 0.25) is 5.02 Å². The first-order valence-corrected chi connectivity index (χ1v) is 9.26. The molecule has 0 fully saturated rings. The van der Waals surface area contributed by atoms with Crippen LogP contribution in [0.25, 0.3) is 22.3 Å². The Morgan fingerprint density at radius 3 is 2.23 bits per heavy atom. The highest BCUT2D eigenvalue weighted by Gasteiger charge is 2.25. The van der Waals surface area contributed by atoms with Gasteiger partial charge in [0.05, 0.1) is 0 Å². The zero-order valence-electron chi connectivity index (χ0n) is 14.9. The van der Waals surface area contributed by atoms with Gasteiger partial charge in [-0.1, -0.05) is 35.9 Å². The largest absolute Gasteiger partial charge is 0.493 e. The minimum absolute atomic E-state index is 0.0779. The Hall–Kier alpha value is -2.46. The molecule has 0 unspecified atom stereocenters. The highest BCUT2D eigenvalue weighted by atomic mass is 35.5. The minimum Gasteiger partial charge on any atom is -0.493 e. The molecule has 4 nitrogen and oxygen atoms in total. The number of aryl methyl sites for hydroxylation is 1. The predicted octanol–water partition coefficient (Wildman–Crippen LogP) is 4.75. The molecule has 0 saturated carbocycles. The van der Waals surface area contributed by atoms with E-state index in [-0.39, 0.29) is 11.4 Å². The summed E-state index contributed by atoms with van der Waals surface area (Å²) in [7, 11) is 0. The van der Waals surface area contributed by atoms with E-state index < -0.39 is 0 Å². The summed E-state index contributed by atoms with van der Waals surface area (Å²) in [6.07, 6.45) is 1.94. The molecular formula is C21H21ClN2O2. The van der Waals surface area contributed by atoms with Crippen molar-refractivity contribution in [3.8, 4) is 28.1 Å². The maximum absolute atomic E-state index is 13.0. The minimum atomic E-state index is -0.110. The molecule has 1 aliphatic rings. The van der Waals surface area contributed by atoms with Gasteiger partial charge in [0.15, 0.2) is 0 Å². The summed E-state index contributed by atoms with van der Waals surface area (Å²) < 4.78 is 3.39. The van der Waals surface area contributed by atoms with Gasteiger partial charge in [0.1, 0.15) is 5.56 Å². The first kappa shape index (κ1) is 17.0. The van der Waals surface area contributed by atoms with Crippen molar-refractivity contribution in [3.63, 3.8) is 0 Å². The molecule has 0 aliphatic carbocycles. The second-order valence-corrected chi connectivity index (χ2v) is 7.33. The van der Waals surface area contributed by atoms with Crippen LogP contribution in [-0.4, -0.2) is 14.5 Å². The van der Waals surface area contributed by atoms with Crippen molar-refractivity contribution in [3.05, 3.63) is 62.9 Å². The number of hydrogen-bond acceptors (Lipinski definition) is 2. The van der Waals surface area contributed by atoms with E-state index in [2.05, 4.69) is 6.07 Å². The van der Waals surface area contributed by atoms with Gasteiger partial charge in [0.2, 0.25) is 5.88 Å². The molecule has 26 heavy (non-hydrogen) atoms. The molecule has 2 heterocycles. The van der Waals surface area contributed by atoms with E-state index in [1.165, 1.54) is 0 Å². The second kappa shape index (κ2) is 6.36. The van der Waals surface area contributed by atoms with Crippen LogP contribution in [0.4, 0.5) is 0 Å². The summed E-state index contributed by atoms with van der Waals surface area (Å²) >= 11 is 6.01. The zero-order chi connectivity index (χ0) is 18.4. The Kier molecular flexibility index (Phi) is 4.16. The van der Waals surface area contributed by atoms with Gasteiger partial charge in [-0.2, -0.15) is 0 Å². The third-order valence-corrected chi connectivity index (χ3v) is 5.53. The third kappa shape index (κ3) is 2.56. The molecule has 0 atom stereocenters. The number of nitrogens with zero attached hydrogens (tertiary/aromatic N) is 2. The molecule has 4 rings (SSSR count). The maximum atomic E-state index is 13.0. The Morgan fingerprint density at radius 1 is 0.923 bits per heavy atom. The van der Waals surface area contributed by atoms with Gasteiger partial charge in [-0.05, 0) is 66.6 Å². The summed E-state index contributed by atoms with van der Waals surface area (Å²) in [4.78, 5) is 13.0. The lowest BCUT2D eigenvalue weighted by atomic mass is 9.90. The standard InChI is InChI=1S/C21H21ClN2O2/c1-13-5-10-17(15-6-8-16(22)9-7-15)14(2)18(13)19-20(25)23-11-3-4-12-24(23)21(19)26/h5-10,25H,3-4,11-12H2,1-2H3. The Balaban J connectivity index is 1.96. The van der Waals surface area contributed by atoms with Crippen LogP contribution >= 0.6 is 11.6 Å². The topological polar surface area (TPSA) is 47.2 Å². The van der Waals surface area contributed by atoms with Crippen molar-refractivity contribution in [2.24, 2.45) is 0 Å². The molecule has 0 radical (unpaired) electrons. The number of hydrogen-bond donors (Lipinski definition) is 1. The number of aromatic hydroxyl groups is 1. The SMILES string of the molecule is Cc1ccc(-c2ccc(Cl)cc2)c(C)c1-c1c(O)n2n(c1=O)CCCC2. The van der Waals surface area contributed by atoms with Crippen molar-refractivity contribution >= 4 is 11.6 Å². The molecule has 0 spiro atoms. The van der Waals surface area contributed by atoms with Crippen LogP contribution in [0.5, 0.6) is 5.88 Å². The monoisotopic (exact) mass is 368 g/mol. The molecule has 3 aromatic rings. The number of aromatic nitrogens is 2. The predicted molar refractivity (Wildman–Crippen MR) is 105 cm³/mol. The van der Waals surface area contributed by atoms with Crippen LogP contribution in [0, 0.1) is 13.8 Å².